The second-order valence-corrected chi connectivity index (χ2v) is 3.06. The third-order valence-electron chi connectivity index (χ3n) is 1.87. The number of carbonyl (C=O) groups is 3. The fraction of sp³-hybridized carbons (Fsp3) is 0. The molecule has 0 bridgehead atoms. The number of aliphatic carboxylic acids is 1. The van der Waals surface area contributed by atoms with E-state index in [9.17, 15) is 24.6 Å². The second-order valence-electron chi connectivity index (χ2n) is 3.06. The van der Waals surface area contributed by atoms with E-state index in [4.69, 9.17) is 5.73 Å². The van der Waals surface area contributed by atoms with E-state index in [2.05, 4.69) is 5.10 Å². The number of hydrogen-bond donors (Lipinski definition) is 2. The van der Waals surface area contributed by atoms with E-state index in [-0.39, 0.29) is 5.56 Å². The van der Waals surface area contributed by atoms with Gasteiger partial charge in [-0.3, -0.25) is 0 Å². The van der Waals surface area contributed by atoms with Crippen molar-refractivity contribution < 1.29 is 24.6 Å². The summed E-state index contributed by atoms with van der Waals surface area (Å²) in [6.07, 6.45) is 0. The molecule has 1 rings (SSSR count). The average molecular weight is 249 g/mol. The summed E-state index contributed by atoms with van der Waals surface area (Å²) in [6, 6.07) is 3.99. The quantitative estimate of drug-likeness (QED) is 0.436. The van der Waals surface area contributed by atoms with Gasteiger partial charge in [0, 0.05) is 11.1 Å². The van der Waals surface area contributed by atoms with E-state index in [1.54, 1.807) is 5.43 Å². The molecule has 0 aliphatic rings. The van der Waals surface area contributed by atoms with Gasteiger partial charge in [-0.25, -0.2) is 10.2 Å². The number of nitrogens with two attached hydrogens (primary N) is 1. The van der Waals surface area contributed by atoms with Gasteiger partial charge in [-0.05, 0) is 0 Å². The van der Waals surface area contributed by atoms with Gasteiger partial charge in [-0.2, -0.15) is 5.10 Å². The number of amides is 2. The Bertz CT molecular complexity index is 538. The Balaban J connectivity index is 3.30. The summed E-state index contributed by atoms with van der Waals surface area (Å²) in [5.41, 5.74) is 4.98. The van der Waals surface area contributed by atoms with Crippen molar-refractivity contribution in [2.24, 2.45) is 10.8 Å². The SMILES string of the molecule is NC(=O)N/N=C(/C(=O)[O-])c1ccccc1C(=O)[O-]. The van der Waals surface area contributed by atoms with Crippen LogP contribution in [0.5, 0.6) is 0 Å². The van der Waals surface area contributed by atoms with Crippen LogP contribution in [0.2, 0.25) is 0 Å². The molecule has 3 N–H and O–H groups in total. The lowest BCUT2D eigenvalue weighted by molar-refractivity contribution is -0.294. The Morgan fingerprint density at radius 3 is 2.11 bits per heavy atom. The number of carbonyl (C=O) groups excluding carboxylic acids is 3. The molecule has 0 heterocycles. The number of hydrazone groups is 1. The lowest BCUT2D eigenvalue weighted by atomic mass is 10.0. The van der Waals surface area contributed by atoms with Gasteiger partial charge in [0.2, 0.25) is 0 Å². The van der Waals surface area contributed by atoms with Crippen LogP contribution in [0, 0.1) is 0 Å². The number of carboxylic acid groups (broad SMARTS) is 2. The van der Waals surface area contributed by atoms with Crippen LogP contribution in [-0.4, -0.2) is 23.7 Å². The van der Waals surface area contributed by atoms with Crippen molar-refractivity contribution in [1.29, 1.82) is 0 Å². The number of benzene rings is 1. The lowest BCUT2D eigenvalue weighted by Crippen LogP contribution is -2.37. The molecule has 0 aliphatic heterocycles. The minimum absolute atomic E-state index is 0.258. The Hall–Kier alpha value is -2.90. The number of rotatable bonds is 4. The van der Waals surface area contributed by atoms with Gasteiger partial charge in [0.25, 0.3) is 0 Å². The summed E-state index contributed by atoms with van der Waals surface area (Å²) in [4.78, 5) is 32.1. The average Bonchev–Trinajstić information content (AvgIpc) is 2.28. The molecular formula is C10H7N3O5-2. The molecule has 0 saturated carbocycles. The van der Waals surface area contributed by atoms with E-state index in [0.29, 0.717) is 0 Å². The van der Waals surface area contributed by atoms with Gasteiger partial charge in [-0.15, -0.1) is 0 Å². The van der Waals surface area contributed by atoms with Crippen molar-refractivity contribution in [3.8, 4) is 0 Å². The zero-order valence-electron chi connectivity index (χ0n) is 8.88. The first-order valence-electron chi connectivity index (χ1n) is 4.58. The maximum Gasteiger partial charge on any atom is 0.332 e. The van der Waals surface area contributed by atoms with Crippen LogP contribution in [0.3, 0.4) is 0 Å². The van der Waals surface area contributed by atoms with E-state index in [0.717, 1.165) is 6.07 Å². The topological polar surface area (TPSA) is 148 Å². The van der Waals surface area contributed by atoms with Gasteiger partial charge in [0.1, 0.15) is 5.71 Å². The Morgan fingerprint density at radius 2 is 1.67 bits per heavy atom. The van der Waals surface area contributed by atoms with Crippen molar-refractivity contribution in [3.63, 3.8) is 0 Å². The first-order valence-corrected chi connectivity index (χ1v) is 4.58. The predicted molar refractivity (Wildman–Crippen MR) is 55.0 cm³/mol. The van der Waals surface area contributed by atoms with E-state index < -0.39 is 29.2 Å². The summed E-state index contributed by atoms with van der Waals surface area (Å²) < 4.78 is 0. The van der Waals surface area contributed by atoms with E-state index in [1.165, 1.54) is 18.2 Å². The standard InChI is InChI=1S/C10H9N3O5/c11-10(18)13-12-7(9(16)17)5-3-1-2-4-6(5)8(14)15/h1-4H,(H,14,15)(H,16,17)(H3,11,13,18)/p-2/b12-7+. The fourth-order valence-corrected chi connectivity index (χ4v) is 1.19. The molecule has 94 valence electrons. The molecule has 0 aliphatic carbocycles. The Kier molecular flexibility index (Phi) is 3.98. The highest BCUT2D eigenvalue weighted by molar-refractivity contribution is 6.43. The van der Waals surface area contributed by atoms with Gasteiger partial charge in [-0.1, -0.05) is 24.3 Å². The molecule has 0 saturated heterocycles. The van der Waals surface area contributed by atoms with Crippen LogP contribution >= 0.6 is 0 Å². The lowest BCUT2D eigenvalue weighted by Gasteiger charge is -2.13. The second kappa shape index (κ2) is 5.43. The van der Waals surface area contributed by atoms with Gasteiger partial charge in [0.05, 0.1) is 11.9 Å². The monoisotopic (exact) mass is 249 g/mol. The Labute approximate surface area is 101 Å². The van der Waals surface area contributed by atoms with Crippen LogP contribution in [0.15, 0.2) is 29.4 Å². The number of carboxylic acids is 2. The minimum Gasteiger partial charge on any atom is -0.545 e. The predicted octanol–water partition coefficient (Wildman–Crippen LogP) is -2.83. The Morgan fingerprint density at radius 1 is 1.11 bits per heavy atom. The fourth-order valence-electron chi connectivity index (χ4n) is 1.19. The van der Waals surface area contributed by atoms with Crippen molar-refractivity contribution in [2.45, 2.75) is 0 Å². The smallest absolute Gasteiger partial charge is 0.332 e. The largest absolute Gasteiger partial charge is 0.545 e. The normalized spacial score (nSPS) is 10.8. The van der Waals surface area contributed by atoms with Crippen LogP contribution in [0.1, 0.15) is 15.9 Å². The number of nitrogens with one attached hydrogen (secondary N) is 1. The molecule has 8 heteroatoms. The summed E-state index contributed by atoms with van der Waals surface area (Å²) >= 11 is 0. The van der Waals surface area contributed by atoms with Gasteiger partial charge in [0.15, 0.2) is 0 Å². The van der Waals surface area contributed by atoms with E-state index >= 15 is 0 Å². The number of urea groups is 1. The molecule has 1 aromatic carbocycles. The molecule has 2 amide bonds. The number of hydrogen-bond acceptors (Lipinski definition) is 6. The first kappa shape index (κ1) is 13.2. The van der Waals surface area contributed by atoms with Crippen molar-refractivity contribution in [1.82, 2.24) is 5.43 Å². The number of nitrogens with zero attached hydrogens (tertiary/aromatic N) is 1. The summed E-state index contributed by atoms with van der Waals surface area (Å²) in [6.45, 7) is 0. The maximum absolute atomic E-state index is 10.8. The molecule has 0 unspecified atom stereocenters. The molecule has 0 spiro atoms. The summed E-state index contributed by atoms with van der Waals surface area (Å²) in [5.74, 6) is -3.35. The van der Waals surface area contributed by atoms with Crippen molar-refractivity contribution in [3.05, 3.63) is 35.4 Å². The molecule has 18 heavy (non-hydrogen) atoms. The van der Waals surface area contributed by atoms with Gasteiger partial charge < -0.3 is 25.5 Å². The third-order valence-corrected chi connectivity index (χ3v) is 1.87. The van der Waals surface area contributed by atoms with Gasteiger partial charge >= 0.3 is 6.03 Å². The van der Waals surface area contributed by atoms with Crippen LogP contribution < -0.4 is 21.4 Å². The molecular weight excluding hydrogens is 242 g/mol. The first-order chi connectivity index (χ1) is 8.43. The zero-order valence-corrected chi connectivity index (χ0v) is 8.88. The molecule has 0 atom stereocenters. The van der Waals surface area contributed by atoms with E-state index in [1.807, 2.05) is 0 Å². The summed E-state index contributed by atoms with van der Waals surface area (Å²) in [7, 11) is 0. The number of primary amides is 1. The highest BCUT2D eigenvalue weighted by atomic mass is 16.4. The van der Waals surface area contributed by atoms with Crippen LogP contribution in [0.25, 0.3) is 0 Å². The van der Waals surface area contributed by atoms with Crippen molar-refractivity contribution >= 4 is 23.7 Å². The van der Waals surface area contributed by atoms with Crippen molar-refractivity contribution in [2.75, 3.05) is 0 Å². The molecule has 1 aromatic rings. The molecule has 0 radical (unpaired) electrons. The highest BCUT2D eigenvalue weighted by Gasteiger charge is 2.11. The molecule has 0 fully saturated rings. The third kappa shape index (κ3) is 3.04. The van der Waals surface area contributed by atoms with Crippen LogP contribution in [-0.2, 0) is 4.79 Å². The van der Waals surface area contributed by atoms with Crippen LogP contribution in [0.4, 0.5) is 4.79 Å². The molecule has 8 nitrogen and oxygen atoms in total. The highest BCUT2D eigenvalue weighted by Crippen LogP contribution is 2.09. The summed E-state index contributed by atoms with van der Waals surface area (Å²) in [5, 5.41) is 24.8. The zero-order chi connectivity index (χ0) is 13.7. The minimum atomic E-state index is -1.77. The maximum atomic E-state index is 10.8. The molecule has 0 aromatic heterocycles. The number of aromatic carboxylic acids is 1.